The van der Waals surface area contributed by atoms with Crippen molar-refractivity contribution in [3.63, 3.8) is 0 Å². The summed E-state index contributed by atoms with van der Waals surface area (Å²) in [4.78, 5) is 0. The number of rotatable bonds is 3. The second kappa shape index (κ2) is 5.74. The number of hydrogen-bond donors (Lipinski definition) is 1. The maximum atomic E-state index is 9.74. The Bertz CT molecular complexity index is 654. The summed E-state index contributed by atoms with van der Waals surface area (Å²) < 4.78 is 5.24. The predicted molar refractivity (Wildman–Crippen MR) is 74.7 cm³/mol. The molecular weight excluding hydrogens is 238 g/mol. The van der Waals surface area contributed by atoms with E-state index in [1.54, 1.807) is 25.3 Å². The molecule has 0 aromatic heterocycles. The normalized spacial score (nSPS) is 10.3. The van der Waals surface area contributed by atoms with Crippen LogP contribution in [0.15, 0.2) is 42.5 Å². The third-order valence-electron chi connectivity index (χ3n) is 2.74. The lowest BCUT2D eigenvalue weighted by atomic mass is 10.1. The molecule has 0 saturated heterocycles. The van der Waals surface area contributed by atoms with Crippen LogP contribution in [0.5, 0.6) is 11.5 Å². The molecule has 1 N–H and O–H groups in total. The highest BCUT2D eigenvalue weighted by Gasteiger charge is 2.01. The number of ether oxygens (including phenoxy) is 1. The van der Waals surface area contributed by atoms with Gasteiger partial charge in [0.25, 0.3) is 0 Å². The largest absolute Gasteiger partial charge is 0.507 e. The van der Waals surface area contributed by atoms with E-state index >= 15 is 0 Å². The van der Waals surface area contributed by atoms with E-state index in [1.165, 1.54) is 6.07 Å². The van der Waals surface area contributed by atoms with Gasteiger partial charge in [-0.1, -0.05) is 30.4 Å². The maximum absolute atomic E-state index is 9.74. The van der Waals surface area contributed by atoms with Gasteiger partial charge in [-0.3, -0.25) is 0 Å². The molecule has 94 valence electrons. The molecule has 0 amide bonds. The standard InChI is InChI=1S/C16H13NO2/c1-19-16-5-3-2-4-13(16)7-8-14-10-12(11-17)6-9-15(14)18/h2-10,18H,1H3/b8-7+. The molecule has 0 bridgehead atoms. The summed E-state index contributed by atoms with van der Waals surface area (Å²) in [6.07, 6.45) is 3.60. The fraction of sp³-hybridized carbons (Fsp3) is 0.0625. The van der Waals surface area contributed by atoms with Gasteiger partial charge in [0.05, 0.1) is 18.7 Å². The lowest BCUT2D eigenvalue weighted by Gasteiger charge is -2.04. The van der Waals surface area contributed by atoms with Crippen molar-refractivity contribution < 1.29 is 9.84 Å². The number of nitriles is 1. The first-order chi connectivity index (χ1) is 9.24. The third kappa shape index (κ3) is 2.93. The molecule has 0 atom stereocenters. The third-order valence-corrected chi connectivity index (χ3v) is 2.74. The second-order valence-corrected chi connectivity index (χ2v) is 3.96. The maximum Gasteiger partial charge on any atom is 0.126 e. The molecule has 3 heteroatoms. The van der Waals surface area contributed by atoms with Crippen molar-refractivity contribution in [1.29, 1.82) is 5.26 Å². The Balaban J connectivity index is 2.35. The Morgan fingerprint density at radius 2 is 1.84 bits per heavy atom. The number of nitrogens with zero attached hydrogens (tertiary/aromatic N) is 1. The molecule has 0 aliphatic rings. The Kier molecular flexibility index (Phi) is 3.84. The quantitative estimate of drug-likeness (QED) is 0.850. The van der Waals surface area contributed by atoms with Crippen LogP contribution in [-0.2, 0) is 0 Å². The van der Waals surface area contributed by atoms with Crippen LogP contribution in [0.3, 0.4) is 0 Å². The zero-order valence-corrected chi connectivity index (χ0v) is 10.5. The first kappa shape index (κ1) is 12.7. The second-order valence-electron chi connectivity index (χ2n) is 3.96. The average Bonchev–Trinajstić information content (AvgIpc) is 2.46. The topological polar surface area (TPSA) is 53.2 Å². The van der Waals surface area contributed by atoms with E-state index < -0.39 is 0 Å². The van der Waals surface area contributed by atoms with E-state index in [0.717, 1.165) is 11.3 Å². The fourth-order valence-electron chi connectivity index (χ4n) is 1.74. The molecule has 3 nitrogen and oxygen atoms in total. The number of para-hydroxylation sites is 1. The van der Waals surface area contributed by atoms with Gasteiger partial charge in [0.2, 0.25) is 0 Å². The molecule has 0 radical (unpaired) electrons. The number of hydrogen-bond acceptors (Lipinski definition) is 3. The molecule has 0 aliphatic carbocycles. The molecule has 2 aromatic rings. The summed E-state index contributed by atoms with van der Waals surface area (Å²) in [5.41, 5.74) is 2.02. The summed E-state index contributed by atoms with van der Waals surface area (Å²) >= 11 is 0. The van der Waals surface area contributed by atoms with Crippen LogP contribution < -0.4 is 4.74 Å². The summed E-state index contributed by atoms with van der Waals surface area (Å²) in [5.74, 6) is 0.903. The summed E-state index contributed by atoms with van der Waals surface area (Å²) in [7, 11) is 1.61. The Morgan fingerprint density at radius 1 is 1.11 bits per heavy atom. The molecule has 2 aromatic carbocycles. The van der Waals surface area contributed by atoms with Gasteiger partial charge in [-0.25, -0.2) is 0 Å². The first-order valence-corrected chi connectivity index (χ1v) is 5.79. The van der Waals surface area contributed by atoms with Crippen molar-refractivity contribution in [1.82, 2.24) is 0 Å². The summed E-state index contributed by atoms with van der Waals surface area (Å²) in [5, 5.41) is 18.6. The highest BCUT2D eigenvalue weighted by molar-refractivity contribution is 5.75. The van der Waals surface area contributed by atoms with Gasteiger partial charge in [0.15, 0.2) is 0 Å². The van der Waals surface area contributed by atoms with Crippen molar-refractivity contribution in [2.75, 3.05) is 7.11 Å². The van der Waals surface area contributed by atoms with Crippen LogP contribution in [0.25, 0.3) is 12.2 Å². The van der Waals surface area contributed by atoms with Crippen molar-refractivity contribution in [2.24, 2.45) is 0 Å². The van der Waals surface area contributed by atoms with Gasteiger partial charge >= 0.3 is 0 Å². The van der Waals surface area contributed by atoms with Crippen molar-refractivity contribution in [3.05, 3.63) is 59.2 Å². The van der Waals surface area contributed by atoms with Crippen LogP contribution in [-0.4, -0.2) is 12.2 Å². The number of benzene rings is 2. The number of phenolic OH excluding ortho intramolecular Hbond substituents is 1. The SMILES string of the molecule is COc1ccccc1/C=C/c1cc(C#N)ccc1O. The van der Waals surface area contributed by atoms with Gasteiger partial charge in [0.1, 0.15) is 11.5 Å². The van der Waals surface area contributed by atoms with Crippen molar-refractivity contribution in [3.8, 4) is 17.6 Å². The Hall–Kier alpha value is -2.73. The van der Waals surface area contributed by atoms with Gasteiger partial charge in [-0.05, 0) is 24.3 Å². The minimum Gasteiger partial charge on any atom is -0.507 e. The van der Waals surface area contributed by atoms with E-state index in [0.29, 0.717) is 11.1 Å². The molecule has 0 unspecified atom stereocenters. The highest BCUT2D eigenvalue weighted by Crippen LogP contribution is 2.24. The number of phenols is 1. The minimum atomic E-state index is 0.144. The smallest absolute Gasteiger partial charge is 0.126 e. The molecule has 0 saturated carbocycles. The predicted octanol–water partition coefficient (Wildman–Crippen LogP) is 3.44. The highest BCUT2D eigenvalue weighted by atomic mass is 16.5. The van der Waals surface area contributed by atoms with Gasteiger partial charge < -0.3 is 9.84 Å². The van der Waals surface area contributed by atoms with Crippen LogP contribution in [0.4, 0.5) is 0 Å². The van der Waals surface area contributed by atoms with E-state index in [-0.39, 0.29) is 5.75 Å². The van der Waals surface area contributed by atoms with E-state index in [9.17, 15) is 5.11 Å². The van der Waals surface area contributed by atoms with Crippen LogP contribution in [0, 0.1) is 11.3 Å². The Morgan fingerprint density at radius 3 is 2.58 bits per heavy atom. The summed E-state index contributed by atoms with van der Waals surface area (Å²) in [6, 6.07) is 14.4. The minimum absolute atomic E-state index is 0.144. The number of aromatic hydroxyl groups is 1. The molecule has 0 spiro atoms. The van der Waals surface area contributed by atoms with E-state index in [4.69, 9.17) is 10.00 Å². The lowest BCUT2D eigenvalue weighted by Crippen LogP contribution is -1.85. The van der Waals surface area contributed by atoms with Crippen LogP contribution in [0.2, 0.25) is 0 Å². The zero-order valence-electron chi connectivity index (χ0n) is 10.5. The number of methoxy groups -OCH3 is 1. The van der Waals surface area contributed by atoms with E-state index in [1.807, 2.05) is 36.4 Å². The van der Waals surface area contributed by atoms with Gasteiger partial charge in [0, 0.05) is 11.1 Å². The lowest BCUT2D eigenvalue weighted by molar-refractivity contribution is 0.414. The molecular formula is C16H13NO2. The molecule has 0 heterocycles. The molecule has 19 heavy (non-hydrogen) atoms. The summed E-state index contributed by atoms with van der Waals surface area (Å²) in [6.45, 7) is 0. The van der Waals surface area contributed by atoms with Crippen LogP contribution in [0.1, 0.15) is 16.7 Å². The fourth-order valence-corrected chi connectivity index (χ4v) is 1.74. The molecule has 2 rings (SSSR count). The van der Waals surface area contributed by atoms with E-state index in [2.05, 4.69) is 0 Å². The van der Waals surface area contributed by atoms with Crippen molar-refractivity contribution >= 4 is 12.2 Å². The Labute approximate surface area is 112 Å². The zero-order chi connectivity index (χ0) is 13.7. The van der Waals surface area contributed by atoms with Gasteiger partial charge in [-0.15, -0.1) is 0 Å². The average molecular weight is 251 g/mol. The van der Waals surface area contributed by atoms with Crippen LogP contribution >= 0.6 is 0 Å². The van der Waals surface area contributed by atoms with Gasteiger partial charge in [-0.2, -0.15) is 5.26 Å². The molecule has 0 aliphatic heterocycles. The monoisotopic (exact) mass is 251 g/mol. The molecule has 0 fully saturated rings. The van der Waals surface area contributed by atoms with Crippen molar-refractivity contribution in [2.45, 2.75) is 0 Å². The first-order valence-electron chi connectivity index (χ1n) is 5.79.